The second kappa shape index (κ2) is 6.43. The van der Waals surface area contributed by atoms with Gasteiger partial charge in [0.2, 0.25) is 5.91 Å². The van der Waals surface area contributed by atoms with E-state index in [1.54, 1.807) is 0 Å². The van der Waals surface area contributed by atoms with Gasteiger partial charge in [0.15, 0.2) is 9.84 Å². The van der Waals surface area contributed by atoms with Crippen LogP contribution in [0.2, 0.25) is 0 Å². The zero-order chi connectivity index (χ0) is 14.6. The average molecular weight is 302 g/mol. The van der Waals surface area contributed by atoms with Crippen LogP contribution in [-0.2, 0) is 14.6 Å². The van der Waals surface area contributed by atoms with E-state index in [1.807, 2.05) is 0 Å². The van der Waals surface area contributed by atoms with Crippen molar-refractivity contribution >= 4 is 15.7 Å². The molecule has 0 radical (unpaired) electrons. The number of hydrogen-bond acceptors (Lipinski definition) is 4. The SMILES string of the molecule is NCC1(CC(=O)NC2CCCS(=O)(=O)C2)CCCCC1. The number of nitrogens with one attached hydrogen (secondary N) is 1. The van der Waals surface area contributed by atoms with E-state index >= 15 is 0 Å². The molecule has 3 N–H and O–H groups in total. The molecule has 2 rings (SSSR count). The fourth-order valence-electron chi connectivity index (χ4n) is 3.51. The maximum atomic E-state index is 12.2. The van der Waals surface area contributed by atoms with E-state index in [-0.39, 0.29) is 28.9 Å². The van der Waals surface area contributed by atoms with Gasteiger partial charge in [-0.3, -0.25) is 4.79 Å². The van der Waals surface area contributed by atoms with Gasteiger partial charge in [-0.25, -0.2) is 8.42 Å². The standard InChI is InChI=1S/C14H26N2O3S/c15-11-14(6-2-1-3-7-14)9-13(17)16-12-5-4-8-20(18,19)10-12/h12H,1-11,15H2,(H,16,17). The van der Waals surface area contributed by atoms with Gasteiger partial charge < -0.3 is 11.1 Å². The lowest BCUT2D eigenvalue weighted by atomic mass is 9.71. The lowest BCUT2D eigenvalue weighted by Gasteiger charge is -2.36. The van der Waals surface area contributed by atoms with Crippen molar-refractivity contribution in [1.29, 1.82) is 0 Å². The van der Waals surface area contributed by atoms with Crippen molar-refractivity contribution in [2.75, 3.05) is 18.1 Å². The van der Waals surface area contributed by atoms with Crippen molar-refractivity contribution in [2.24, 2.45) is 11.1 Å². The second-order valence-corrected chi connectivity index (χ2v) is 8.69. The molecule has 6 heteroatoms. The Hall–Kier alpha value is -0.620. The summed E-state index contributed by atoms with van der Waals surface area (Å²) < 4.78 is 23.2. The molecular weight excluding hydrogens is 276 g/mol. The van der Waals surface area contributed by atoms with Crippen LogP contribution in [0.1, 0.15) is 51.4 Å². The summed E-state index contributed by atoms with van der Waals surface area (Å²) in [6.07, 6.45) is 7.39. The van der Waals surface area contributed by atoms with E-state index in [2.05, 4.69) is 5.32 Å². The molecule has 0 bridgehead atoms. The van der Waals surface area contributed by atoms with Gasteiger partial charge in [0.05, 0.1) is 11.5 Å². The fourth-order valence-corrected chi connectivity index (χ4v) is 5.15. The maximum Gasteiger partial charge on any atom is 0.220 e. The quantitative estimate of drug-likeness (QED) is 0.810. The van der Waals surface area contributed by atoms with E-state index < -0.39 is 9.84 Å². The molecule has 1 amide bonds. The Kier molecular flexibility index (Phi) is 5.07. The average Bonchev–Trinajstić information content (AvgIpc) is 2.38. The number of carbonyl (C=O) groups excluding carboxylic acids is 1. The van der Waals surface area contributed by atoms with Crippen LogP contribution >= 0.6 is 0 Å². The molecule has 0 aromatic rings. The Morgan fingerprint density at radius 1 is 1.20 bits per heavy atom. The van der Waals surface area contributed by atoms with Crippen LogP contribution in [0.5, 0.6) is 0 Å². The molecule has 1 saturated heterocycles. The number of amides is 1. The van der Waals surface area contributed by atoms with Gasteiger partial charge in [-0.15, -0.1) is 0 Å². The number of rotatable bonds is 4. The van der Waals surface area contributed by atoms with E-state index in [0.29, 0.717) is 19.4 Å². The van der Waals surface area contributed by atoms with Crippen molar-refractivity contribution in [3.05, 3.63) is 0 Å². The van der Waals surface area contributed by atoms with Crippen molar-refractivity contribution in [3.8, 4) is 0 Å². The maximum absolute atomic E-state index is 12.2. The van der Waals surface area contributed by atoms with Gasteiger partial charge in [-0.05, 0) is 37.6 Å². The normalized spacial score (nSPS) is 28.8. The zero-order valence-electron chi connectivity index (χ0n) is 12.1. The number of nitrogens with two attached hydrogens (primary N) is 1. The molecule has 1 aliphatic heterocycles. The summed E-state index contributed by atoms with van der Waals surface area (Å²) in [6, 6.07) is -0.209. The van der Waals surface area contributed by atoms with Crippen LogP contribution in [0.25, 0.3) is 0 Å². The first-order chi connectivity index (χ1) is 9.45. The van der Waals surface area contributed by atoms with E-state index in [4.69, 9.17) is 5.73 Å². The Morgan fingerprint density at radius 2 is 1.90 bits per heavy atom. The largest absolute Gasteiger partial charge is 0.352 e. The summed E-state index contributed by atoms with van der Waals surface area (Å²) in [5.41, 5.74) is 5.83. The second-order valence-electron chi connectivity index (χ2n) is 6.46. The molecule has 116 valence electrons. The third kappa shape index (κ3) is 4.19. The molecule has 1 heterocycles. The van der Waals surface area contributed by atoms with Gasteiger partial charge in [0.25, 0.3) is 0 Å². The van der Waals surface area contributed by atoms with Crippen molar-refractivity contribution in [1.82, 2.24) is 5.32 Å². The molecule has 1 unspecified atom stereocenters. The highest BCUT2D eigenvalue weighted by molar-refractivity contribution is 7.91. The predicted molar refractivity (Wildman–Crippen MR) is 79.0 cm³/mol. The first kappa shape index (κ1) is 15.8. The number of hydrogen-bond donors (Lipinski definition) is 2. The molecule has 0 spiro atoms. The monoisotopic (exact) mass is 302 g/mol. The molecule has 20 heavy (non-hydrogen) atoms. The molecule has 1 saturated carbocycles. The summed E-state index contributed by atoms with van der Waals surface area (Å²) >= 11 is 0. The Morgan fingerprint density at radius 3 is 2.50 bits per heavy atom. The fraction of sp³-hybridized carbons (Fsp3) is 0.929. The molecule has 0 aromatic heterocycles. The third-order valence-electron chi connectivity index (χ3n) is 4.71. The Balaban J connectivity index is 1.88. The van der Waals surface area contributed by atoms with Gasteiger partial charge in [0, 0.05) is 12.5 Å². The topological polar surface area (TPSA) is 89.3 Å². The number of sulfone groups is 1. The Labute approximate surface area is 121 Å². The molecular formula is C14H26N2O3S. The molecule has 0 aromatic carbocycles. The van der Waals surface area contributed by atoms with Crippen LogP contribution in [0.3, 0.4) is 0 Å². The lowest BCUT2D eigenvalue weighted by Crippen LogP contribution is -2.46. The zero-order valence-corrected chi connectivity index (χ0v) is 12.9. The highest BCUT2D eigenvalue weighted by Crippen LogP contribution is 2.38. The van der Waals surface area contributed by atoms with Crippen LogP contribution in [0.4, 0.5) is 0 Å². The minimum atomic E-state index is -2.97. The van der Waals surface area contributed by atoms with E-state index in [0.717, 1.165) is 32.1 Å². The molecule has 1 atom stereocenters. The minimum absolute atomic E-state index is 0.0283. The van der Waals surface area contributed by atoms with Gasteiger partial charge in [-0.2, -0.15) is 0 Å². The predicted octanol–water partition coefficient (Wildman–Crippen LogP) is 0.979. The summed E-state index contributed by atoms with van der Waals surface area (Å²) in [6.45, 7) is 0.545. The molecule has 2 fully saturated rings. The molecule has 5 nitrogen and oxygen atoms in total. The minimum Gasteiger partial charge on any atom is -0.352 e. The van der Waals surface area contributed by atoms with Crippen LogP contribution < -0.4 is 11.1 Å². The van der Waals surface area contributed by atoms with E-state index in [1.165, 1.54) is 6.42 Å². The summed E-state index contributed by atoms with van der Waals surface area (Å²) in [5.74, 6) is 0.319. The Bertz CT molecular complexity index is 441. The number of carbonyl (C=O) groups is 1. The van der Waals surface area contributed by atoms with Crippen molar-refractivity contribution in [2.45, 2.75) is 57.4 Å². The lowest BCUT2D eigenvalue weighted by molar-refractivity contribution is -0.124. The summed E-state index contributed by atoms with van der Waals surface area (Å²) in [4.78, 5) is 12.2. The highest BCUT2D eigenvalue weighted by atomic mass is 32.2. The smallest absolute Gasteiger partial charge is 0.220 e. The highest BCUT2D eigenvalue weighted by Gasteiger charge is 2.34. The van der Waals surface area contributed by atoms with Crippen molar-refractivity contribution in [3.63, 3.8) is 0 Å². The van der Waals surface area contributed by atoms with Crippen molar-refractivity contribution < 1.29 is 13.2 Å². The first-order valence-electron chi connectivity index (χ1n) is 7.65. The first-order valence-corrected chi connectivity index (χ1v) is 9.47. The van der Waals surface area contributed by atoms with Crippen LogP contribution in [-0.4, -0.2) is 38.4 Å². The van der Waals surface area contributed by atoms with Crippen LogP contribution in [0, 0.1) is 5.41 Å². The summed E-state index contributed by atoms with van der Waals surface area (Å²) in [5, 5.41) is 2.91. The molecule has 1 aliphatic carbocycles. The van der Waals surface area contributed by atoms with Crippen LogP contribution in [0.15, 0.2) is 0 Å². The summed E-state index contributed by atoms with van der Waals surface area (Å²) in [7, 11) is -2.97. The molecule has 2 aliphatic rings. The van der Waals surface area contributed by atoms with Gasteiger partial charge in [0.1, 0.15) is 0 Å². The third-order valence-corrected chi connectivity index (χ3v) is 6.53. The van der Waals surface area contributed by atoms with E-state index in [9.17, 15) is 13.2 Å². The van der Waals surface area contributed by atoms with Gasteiger partial charge in [-0.1, -0.05) is 19.3 Å². The van der Waals surface area contributed by atoms with Gasteiger partial charge >= 0.3 is 0 Å².